The van der Waals surface area contributed by atoms with Crippen molar-refractivity contribution < 1.29 is 8.42 Å². The van der Waals surface area contributed by atoms with Crippen LogP contribution in [0.5, 0.6) is 0 Å². The maximum atomic E-state index is 11.7. The molecule has 1 saturated carbocycles. The van der Waals surface area contributed by atoms with Gasteiger partial charge in [0.25, 0.3) is 0 Å². The lowest BCUT2D eigenvalue weighted by Crippen LogP contribution is -2.70. The first-order chi connectivity index (χ1) is 18.0. The standard InChI is InChI=1S/C29H39N5O2S2/c1-16(2)23-24-19(5)26(20-6-8-21(9-7-20)34-11-29(12-34)13-38(35,36)14-29)37-28(24)33-25(23)22-10-31-27(32-15-30)18(4)17(22)3/h10,15-16,20-21,33H,6-9,11-14H2,1-5H3,(H2,30,31,32). The molecule has 204 valence electrons. The van der Waals surface area contributed by atoms with Gasteiger partial charge in [-0.05, 0) is 80.5 Å². The number of pyridine rings is 1. The molecule has 0 unspecified atom stereocenters. The average Bonchev–Trinajstić information content (AvgIpc) is 3.36. The number of hydrogen-bond acceptors (Lipinski definition) is 5. The van der Waals surface area contributed by atoms with Gasteiger partial charge in [0.2, 0.25) is 0 Å². The van der Waals surface area contributed by atoms with E-state index in [0.717, 1.165) is 30.5 Å². The zero-order valence-electron chi connectivity index (χ0n) is 23.1. The van der Waals surface area contributed by atoms with Crippen molar-refractivity contribution in [1.29, 1.82) is 5.41 Å². The lowest BCUT2D eigenvalue weighted by Gasteiger charge is -2.58. The van der Waals surface area contributed by atoms with Gasteiger partial charge >= 0.3 is 0 Å². The van der Waals surface area contributed by atoms with Crippen LogP contribution in [0.3, 0.4) is 0 Å². The van der Waals surface area contributed by atoms with Crippen LogP contribution < -0.4 is 5.49 Å². The largest absolute Gasteiger partial charge is 0.346 e. The molecular formula is C29H39N5O2S2. The van der Waals surface area contributed by atoms with E-state index in [1.54, 1.807) is 4.88 Å². The molecule has 3 N–H and O–H groups in total. The van der Waals surface area contributed by atoms with E-state index in [4.69, 9.17) is 5.41 Å². The first kappa shape index (κ1) is 26.0. The topological polar surface area (TPSA) is 105 Å². The molecule has 6 rings (SSSR count). The first-order valence-corrected chi connectivity index (χ1v) is 16.5. The minimum Gasteiger partial charge on any atom is -0.346 e. The molecule has 7 nitrogen and oxygen atoms in total. The molecule has 2 aliphatic heterocycles. The molecule has 5 heterocycles. The van der Waals surface area contributed by atoms with Gasteiger partial charge in [0.15, 0.2) is 9.84 Å². The summed E-state index contributed by atoms with van der Waals surface area (Å²) in [4.78, 5) is 16.7. The normalized spacial score (nSPS) is 25.2. The summed E-state index contributed by atoms with van der Waals surface area (Å²) in [6.45, 7) is 13.0. The summed E-state index contributed by atoms with van der Waals surface area (Å²) in [6, 6.07) is 0.618. The van der Waals surface area contributed by atoms with Crippen molar-refractivity contribution in [3.63, 3.8) is 0 Å². The Morgan fingerprint density at radius 2 is 1.79 bits per heavy atom. The van der Waals surface area contributed by atoms with Gasteiger partial charge in [-0.25, -0.2) is 13.4 Å². The number of hydrogen-bond donors (Lipinski definition) is 3. The number of likely N-dealkylation sites (tertiary alicyclic amines) is 1. The minimum atomic E-state index is -2.74. The molecule has 2 saturated heterocycles. The fraction of sp³-hybridized carbons (Fsp3) is 0.586. The van der Waals surface area contributed by atoms with Gasteiger partial charge in [-0.2, -0.15) is 0 Å². The van der Waals surface area contributed by atoms with Crippen molar-refractivity contribution in [2.24, 2.45) is 10.4 Å². The van der Waals surface area contributed by atoms with Crippen LogP contribution >= 0.6 is 11.3 Å². The van der Waals surface area contributed by atoms with E-state index in [1.165, 1.54) is 63.8 Å². The van der Waals surface area contributed by atoms with Crippen molar-refractivity contribution in [3.8, 4) is 11.3 Å². The Bertz CT molecular complexity index is 1580. The molecule has 1 aliphatic carbocycles. The van der Waals surface area contributed by atoms with Crippen molar-refractivity contribution >= 4 is 37.7 Å². The maximum Gasteiger partial charge on any atom is 0.151 e. The fourth-order valence-electron chi connectivity index (χ4n) is 7.47. The van der Waals surface area contributed by atoms with Crippen LogP contribution in [0.25, 0.3) is 21.5 Å². The van der Waals surface area contributed by atoms with Crippen LogP contribution in [0.2, 0.25) is 0 Å². The highest BCUT2D eigenvalue weighted by atomic mass is 32.2. The predicted molar refractivity (Wildman–Crippen MR) is 156 cm³/mol. The second-order valence-electron chi connectivity index (χ2n) is 12.4. The van der Waals surface area contributed by atoms with Crippen LogP contribution in [-0.4, -0.2) is 60.3 Å². The molecule has 1 spiro atoms. The number of fused-ring (bicyclic) bond motifs is 1. The predicted octanol–water partition coefficient (Wildman–Crippen LogP) is 5.54. The van der Waals surface area contributed by atoms with Crippen LogP contribution in [0.1, 0.15) is 78.5 Å². The van der Waals surface area contributed by atoms with E-state index < -0.39 is 9.84 Å². The first-order valence-electron chi connectivity index (χ1n) is 13.8. The molecule has 0 amide bonds. The lowest BCUT2D eigenvalue weighted by molar-refractivity contribution is -0.0236. The molecule has 3 aromatic heterocycles. The van der Waals surface area contributed by atoms with Gasteiger partial charge in [0, 0.05) is 46.6 Å². The maximum absolute atomic E-state index is 11.7. The molecule has 0 radical (unpaired) electrons. The number of sulfone groups is 1. The molecule has 3 aromatic rings. The van der Waals surface area contributed by atoms with Crippen molar-refractivity contribution in [3.05, 3.63) is 38.8 Å². The Hall–Kier alpha value is -2.23. The van der Waals surface area contributed by atoms with Crippen LogP contribution in [-0.2, 0) is 9.84 Å². The number of H-pyrrole nitrogens is 2. The number of aromatic amines is 2. The number of nitrogens with one attached hydrogen (secondary N) is 3. The number of thiophene rings is 1. The van der Waals surface area contributed by atoms with E-state index in [9.17, 15) is 8.42 Å². The quantitative estimate of drug-likeness (QED) is 0.285. The third-order valence-electron chi connectivity index (χ3n) is 9.39. The Labute approximate surface area is 229 Å². The van der Waals surface area contributed by atoms with Gasteiger partial charge in [-0.1, -0.05) is 13.8 Å². The summed E-state index contributed by atoms with van der Waals surface area (Å²) in [5.41, 5.74) is 8.28. The Morgan fingerprint density at radius 1 is 1.11 bits per heavy atom. The van der Waals surface area contributed by atoms with E-state index in [-0.39, 0.29) is 5.41 Å². The second-order valence-corrected chi connectivity index (χ2v) is 15.5. The van der Waals surface area contributed by atoms with Gasteiger partial charge in [0.05, 0.1) is 17.2 Å². The summed E-state index contributed by atoms with van der Waals surface area (Å²) in [6.07, 6.45) is 7.96. The monoisotopic (exact) mass is 553 g/mol. The van der Waals surface area contributed by atoms with Crippen molar-refractivity contribution in [2.45, 2.75) is 78.2 Å². The molecular weight excluding hydrogens is 514 g/mol. The number of rotatable bonds is 5. The molecule has 0 bridgehead atoms. The van der Waals surface area contributed by atoms with Crippen LogP contribution in [0.4, 0.5) is 0 Å². The van der Waals surface area contributed by atoms with Gasteiger partial charge in [0.1, 0.15) is 16.7 Å². The third-order valence-corrected chi connectivity index (χ3v) is 12.9. The number of aromatic nitrogens is 2. The van der Waals surface area contributed by atoms with Crippen molar-refractivity contribution in [2.75, 3.05) is 24.6 Å². The minimum absolute atomic E-state index is 0.0909. The van der Waals surface area contributed by atoms with E-state index in [1.807, 2.05) is 17.5 Å². The Morgan fingerprint density at radius 3 is 2.39 bits per heavy atom. The summed E-state index contributed by atoms with van der Waals surface area (Å²) < 4.78 is 23.3. The summed E-state index contributed by atoms with van der Waals surface area (Å²) in [7, 11) is -2.74. The number of aryl methyl sites for hydroxylation is 1. The molecule has 38 heavy (non-hydrogen) atoms. The highest BCUT2D eigenvalue weighted by Gasteiger charge is 2.57. The summed E-state index contributed by atoms with van der Waals surface area (Å²) in [5, 5.41) is 8.74. The van der Waals surface area contributed by atoms with Gasteiger partial charge < -0.3 is 9.97 Å². The van der Waals surface area contributed by atoms with Gasteiger partial charge in [-0.3, -0.25) is 10.3 Å². The second kappa shape index (κ2) is 9.17. The SMILES string of the molecule is Cc1c(-c2[nH]c3sc(C4CCC(N5CC6(C5)CS(=O)(=O)C6)CC4)c(C)c3c2C(C)C)c[nH]/c(=N\C=N)c1C. The van der Waals surface area contributed by atoms with E-state index >= 15 is 0 Å². The molecule has 0 atom stereocenters. The molecule has 3 fully saturated rings. The zero-order chi connectivity index (χ0) is 27.0. The summed E-state index contributed by atoms with van der Waals surface area (Å²) >= 11 is 1.95. The number of nitrogens with zero attached hydrogens (tertiary/aromatic N) is 2. The Balaban J connectivity index is 1.24. The Kier molecular flexibility index (Phi) is 6.28. The van der Waals surface area contributed by atoms with Gasteiger partial charge in [-0.15, -0.1) is 11.3 Å². The molecule has 9 heteroatoms. The highest BCUT2D eigenvalue weighted by molar-refractivity contribution is 7.92. The van der Waals surface area contributed by atoms with Crippen LogP contribution in [0, 0.1) is 31.6 Å². The summed E-state index contributed by atoms with van der Waals surface area (Å²) in [5.74, 6) is 1.81. The fourth-order valence-corrected chi connectivity index (χ4v) is 11.0. The van der Waals surface area contributed by atoms with Crippen molar-refractivity contribution in [1.82, 2.24) is 14.9 Å². The lowest BCUT2D eigenvalue weighted by atomic mass is 9.77. The zero-order valence-corrected chi connectivity index (χ0v) is 24.7. The smallest absolute Gasteiger partial charge is 0.151 e. The van der Waals surface area contributed by atoms with E-state index in [0.29, 0.717) is 29.4 Å². The third kappa shape index (κ3) is 4.12. The van der Waals surface area contributed by atoms with Crippen LogP contribution in [0.15, 0.2) is 11.2 Å². The van der Waals surface area contributed by atoms with E-state index in [2.05, 4.69) is 54.5 Å². The average molecular weight is 554 g/mol. The molecule has 3 aliphatic rings. The highest BCUT2D eigenvalue weighted by Crippen LogP contribution is 2.49. The molecule has 0 aromatic carbocycles.